The van der Waals surface area contributed by atoms with Crippen molar-refractivity contribution in [2.24, 2.45) is 7.05 Å². The van der Waals surface area contributed by atoms with Crippen LogP contribution in [0.15, 0.2) is 53.3 Å². The maximum absolute atomic E-state index is 12.4. The average Bonchev–Trinajstić information content (AvgIpc) is 2.51. The smallest absolute Gasteiger partial charge is 0.280 e. The lowest BCUT2D eigenvalue weighted by Crippen LogP contribution is -2.27. The summed E-state index contributed by atoms with van der Waals surface area (Å²) in [5, 5.41) is 9.76. The molecule has 5 nitrogen and oxygen atoms in total. The second-order valence-corrected chi connectivity index (χ2v) is 4.66. The van der Waals surface area contributed by atoms with E-state index in [2.05, 4.69) is 4.98 Å². The van der Waals surface area contributed by atoms with E-state index >= 15 is 0 Å². The van der Waals surface area contributed by atoms with Crippen molar-refractivity contribution < 1.29 is 9.90 Å². The number of ketones is 1. The molecule has 2 aromatic carbocycles. The van der Waals surface area contributed by atoms with E-state index in [1.165, 1.54) is 16.7 Å². The number of hydrogen-bond acceptors (Lipinski definition) is 4. The lowest BCUT2D eigenvalue weighted by molar-refractivity contribution is 0.103. The highest BCUT2D eigenvalue weighted by atomic mass is 16.3. The molecular formula is C16H12N2O3. The summed E-state index contributed by atoms with van der Waals surface area (Å²) in [6.45, 7) is 0. The topological polar surface area (TPSA) is 72.2 Å². The van der Waals surface area contributed by atoms with E-state index in [0.29, 0.717) is 11.0 Å². The summed E-state index contributed by atoms with van der Waals surface area (Å²) >= 11 is 0. The number of hydrogen-bond donors (Lipinski definition) is 1. The highest BCUT2D eigenvalue weighted by Crippen LogP contribution is 2.18. The van der Waals surface area contributed by atoms with Gasteiger partial charge in [-0.3, -0.25) is 9.59 Å². The summed E-state index contributed by atoms with van der Waals surface area (Å²) in [6.07, 6.45) is 0. The molecule has 3 rings (SSSR count). The van der Waals surface area contributed by atoms with Crippen molar-refractivity contribution in [1.82, 2.24) is 9.55 Å². The van der Waals surface area contributed by atoms with E-state index in [9.17, 15) is 14.7 Å². The van der Waals surface area contributed by atoms with Crippen LogP contribution >= 0.6 is 0 Å². The lowest BCUT2D eigenvalue weighted by atomic mass is 10.1. The first kappa shape index (κ1) is 13.1. The Morgan fingerprint density at radius 3 is 2.52 bits per heavy atom. The van der Waals surface area contributed by atoms with Crippen molar-refractivity contribution in [3.63, 3.8) is 0 Å². The summed E-state index contributed by atoms with van der Waals surface area (Å²) in [5.41, 5.74) is 0.590. The predicted molar refractivity (Wildman–Crippen MR) is 78.5 cm³/mol. The van der Waals surface area contributed by atoms with Gasteiger partial charge in [-0.1, -0.05) is 24.3 Å². The quantitative estimate of drug-likeness (QED) is 0.727. The molecule has 0 aliphatic heterocycles. The van der Waals surface area contributed by atoms with Crippen molar-refractivity contribution >= 4 is 16.8 Å². The van der Waals surface area contributed by atoms with Gasteiger partial charge in [-0.15, -0.1) is 0 Å². The third-order valence-electron chi connectivity index (χ3n) is 3.35. The molecule has 0 unspecified atom stereocenters. The molecule has 0 radical (unpaired) electrons. The Hall–Kier alpha value is -2.95. The van der Waals surface area contributed by atoms with Crippen LogP contribution in [-0.2, 0) is 7.05 Å². The third-order valence-corrected chi connectivity index (χ3v) is 3.35. The Morgan fingerprint density at radius 2 is 1.76 bits per heavy atom. The van der Waals surface area contributed by atoms with Crippen molar-refractivity contribution in [2.45, 2.75) is 0 Å². The standard InChI is InChI=1S/C16H12N2O3/c1-18-12-8-4-3-7-11(12)17-14(16(18)21)15(20)10-6-2-5-9-13(10)19/h2-9,19H,1H3. The van der Waals surface area contributed by atoms with Crippen LogP contribution in [0, 0.1) is 0 Å². The molecule has 0 aliphatic carbocycles. The number of phenols is 1. The fraction of sp³-hybridized carbons (Fsp3) is 0.0625. The van der Waals surface area contributed by atoms with Crippen LogP contribution < -0.4 is 5.56 Å². The van der Waals surface area contributed by atoms with Gasteiger partial charge in [-0.25, -0.2) is 4.98 Å². The van der Waals surface area contributed by atoms with Crippen LogP contribution in [-0.4, -0.2) is 20.4 Å². The normalized spacial score (nSPS) is 10.7. The molecule has 0 bridgehead atoms. The van der Waals surface area contributed by atoms with Crippen LogP contribution in [0.25, 0.3) is 11.0 Å². The molecule has 0 amide bonds. The predicted octanol–water partition coefficient (Wildman–Crippen LogP) is 1.87. The van der Waals surface area contributed by atoms with E-state index in [1.54, 1.807) is 43.4 Å². The molecule has 1 N–H and O–H groups in total. The monoisotopic (exact) mass is 280 g/mol. The number of aromatic hydroxyl groups is 1. The number of nitrogens with zero attached hydrogens (tertiary/aromatic N) is 2. The Bertz CT molecular complexity index is 913. The van der Waals surface area contributed by atoms with E-state index in [4.69, 9.17) is 0 Å². The van der Waals surface area contributed by atoms with Crippen molar-refractivity contribution in [1.29, 1.82) is 0 Å². The number of rotatable bonds is 2. The number of para-hydroxylation sites is 3. The number of benzene rings is 2. The van der Waals surface area contributed by atoms with Crippen LogP contribution in [0.5, 0.6) is 5.75 Å². The van der Waals surface area contributed by atoms with Crippen LogP contribution in [0.3, 0.4) is 0 Å². The molecular weight excluding hydrogens is 268 g/mol. The zero-order chi connectivity index (χ0) is 15.0. The minimum absolute atomic E-state index is 0.0670. The summed E-state index contributed by atoms with van der Waals surface area (Å²) in [5.74, 6) is -0.751. The Balaban J connectivity index is 2.26. The van der Waals surface area contributed by atoms with Gasteiger partial charge in [0.05, 0.1) is 16.6 Å². The Labute approximate surface area is 120 Å². The number of aryl methyl sites for hydroxylation is 1. The summed E-state index contributed by atoms with van der Waals surface area (Å²) in [7, 11) is 1.59. The minimum Gasteiger partial charge on any atom is -0.507 e. The van der Waals surface area contributed by atoms with Crippen molar-refractivity contribution in [3.8, 4) is 5.75 Å². The first-order valence-corrected chi connectivity index (χ1v) is 6.38. The largest absolute Gasteiger partial charge is 0.507 e. The van der Waals surface area contributed by atoms with E-state index < -0.39 is 11.3 Å². The van der Waals surface area contributed by atoms with Gasteiger partial charge in [0.1, 0.15) is 5.75 Å². The molecule has 1 aromatic heterocycles. The number of phenolic OH excluding ortho intramolecular Hbond substituents is 1. The number of fused-ring (bicyclic) bond motifs is 1. The van der Waals surface area contributed by atoms with Gasteiger partial charge < -0.3 is 9.67 Å². The zero-order valence-corrected chi connectivity index (χ0v) is 11.3. The van der Waals surface area contributed by atoms with Gasteiger partial charge in [-0.05, 0) is 24.3 Å². The van der Waals surface area contributed by atoms with Crippen LogP contribution in [0.1, 0.15) is 16.1 Å². The van der Waals surface area contributed by atoms with E-state index in [1.807, 2.05) is 0 Å². The first-order valence-electron chi connectivity index (χ1n) is 6.38. The number of aromatic nitrogens is 2. The average molecular weight is 280 g/mol. The summed E-state index contributed by atoms with van der Waals surface area (Å²) in [6, 6.07) is 13.2. The SMILES string of the molecule is Cn1c(=O)c(C(=O)c2ccccc2O)nc2ccccc21. The maximum Gasteiger partial charge on any atom is 0.280 e. The molecule has 21 heavy (non-hydrogen) atoms. The van der Waals surface area contributed by atoms with E-state index in [-0.39, 0.29) is 17.0 Å². The van der Waals surface area contributed by atoms with Crippen molar-refractivity contribution in [2.75, 3.05) is 0 Å². The second kappa shape index (κ2) is 4.86. The van der Waals surface area contributed by atoms with E-state index in [0.717, 1.165) is 0 Å². The van der Waals surface area contributed by atoms with Crippen LogP contribution in [0.2, 0.25) is 0 Å². The second-order valence-electron chi connectivity index (χ2n) is 4.66. The summed E-state index contributed by atoms with van der Waals surface area (Å²) < 4.78 is 1.38. The molecule has 0 saturated heterocycles. The molecule has 0 atom stereocenters. The molecule has 0 aliphatic rings. The van der Waals surface area contributed by atoms with Gasteiger partial charge in [-0.2, -0.15) is 0 Å². The molecule has 0 fully saturated rings. The fourth-order valence-electron chi connectivity index (χ4n) is 2.22. The maximum atomic E-state index is 12.4. The first-order chi connectivity index (χ1) is 10.1. The third kappa shape index (κ3) is 2.08. The Kier molecular flexibility index (Phi) is 3.02. The number of carbonyl (C=O) groups excluding carboxylic acids is 1. The fourth-order valence-corrected chi connectivity index (χ4v) is 2.22. The van der Waals surface area contributed by atoms with Gasteiger partial charge in [0, 0.05) is 7.05 Å². The molecule has 0 spiro atoms. The molecule has 5 heteroatoms. The highest BCUT2D eigenvalue weighted by molar-refractivity contribution is 6.09. The molecule has 104 valence electrons. The van der Waals surface area contributed by atoms with Crippen LogP contribution in [0.4, 0.5) is 0 Å². The minimum atomic E-state index is -0.584. The molecule has 1 heterocycles. The molecule has 0 saturated carbocycles. The highest BCUT2D eigenvalue weighted by Gasteiger charge is 2.20. The summed E-state index contributed by atoms with van der Waals surface area (Å²) in [4.78, 5) is 28.9. The molecule has 3 aromatic rings. The number of carbonyl (C=O) groups is 1. The zero-order valence-electron chi connectivity index (χ0n) is 11.3. The van der Waals surface area contributed by atoms with Gasteiger partial charge >= 0.3 is 0 Å². The van der Waals surface area contributed by atoms with Gasteiger partial charge in [0.25, 0.3) is 5.56 Å². The Morgan fingerprint density at radius 1 is 1.10 bits per heavy atom. The van der Waals surface area contributed by atoms with Gasteiger partial charge in [0.15, 0.2) is 5.69 Å². The van der Waals surface area contributed by atoms with Gasteiger partial charge in [0.2, 0.25) is 5.78 Å². The van der Waals surface area contributed by atoms with Crippen molar-refractivity contribution in [3.05, 3.63) is 70.1 Å². The lowest BCUT2D eigenvalue weighted by Gasteiger charge is -2.07.